The standard InChI is InChI=1S/C21H26N6O/c1-14-15(2)26-27(16(14)3)12-6-10-23-21(28)25-19-8-5-7-18(13-19)20-9-11-22-17(4)24-20/h5,7-9,11,13H,6,10,12H2,1-4H3,(H2,23,25,28). The molecule has 0 saturated carbocycles. The molecular formula is C21H26N6O. The highest BCUT2D eigenvalue weighted by Crippen LogP contribution is 2.20. The van der Waals surface area contributed by atoms with Gasteiger partial charge >= 0.3 is 6.03 Å². The third-order valence-corrected chi connectivity index (χ3v) is 4.77. The van der Waals surface area contributed by atoms with Crippen molar-refractivity contribution in [2.45, 2.75) is 40.7 Å². The fourth-order valence-corrected chi connectivity index (χ4v) is 2.98. The minimum absolute atomic E-state index is 0.222. The Hall–Kier alpha value is -3.22. The Labute approximate surface area is 165 Å². The average molecular weight is 378 g/mol. The normalized spacial score (nSPS) is 10.7. The van der Waals surface area contributed by atoms with Gasteiger partial charge in [-0.15, -0.1) is 0 Å². The highest BCUT2D eigenvalue weighted by Gasteiger charge is 2.07. The summed E-state index contributed by atoms with van der Waals surface area (Å²) in [6.07, 6.45) is 2.55. The van der Waals surface area contributed by atoms with Crippen LogP contribution in [0.5, 0.6) is 0 Å². The third kappa shape index (κ3) is 4.73. The highest BCUT2D eigenvalue weighted by atomic mass is 16.2. The fraction of sp³-hybridized carbons (Fsp3) is 0.333. The van der Waals surface area contributed by atoms with Crippen LogP contribution in [-0.2, 0) is 6.54 Å². The summed E-state index contributed by atoms with van der Waals surface area (Å²) in [5.41, 5.74) is 5.95. The molecule has 7 heteroatoms. The number of aryl methyl sites for hydroxylation is 3. The molecule has 0 aliphatic carbocycles. The second-order valence-corrected chi connectivity index (χ2v) is 6.82. The van der Waals surface area contributed by atoms with E-state index in [-0.39, 0.29) is 6.03 Å². The second kappa shape index (κ2) is 8.65. The molecular weight excluding hydrogens is 352 g/mol. The number of rotatable bonds is 6. The average Bonchev–Trinajstić information content (AvgIpc) is 2.92. The molecule has 146 valence electrons. The molecule has 2 aromatic heterocycles. The molecule has 1 aromatic carbocycles. The third-order valence-electron chi connectivity index (χ3n) is 4.77. The number of urea groups is 1. The maximum atomic E-state index is 12.2. The minimum atomic E-state index is -0.222. The van der Waals surface area contributed by atoms with E-state index < -0.39 is 0 Å². The molecule has 0 aliphatic rings. The van der Waals surface area contributed by atoms with Crippen LogP contribution in [0.2, 0.25) is 0 Å². The molecule has 0 bridgehead atoms. The van der Waals surface area contributed by atoms with E-state index >= 15 is 0 Å². The summed E-state index contributed by atoms with van der Waals surface area (Å²) in [4.78, 5) is 20.7. The van der Waals surface area contributed by atoms with E-state index in [1.807, 2.05) is 48.9 Å². The van der Waals surface area contributed by atoms with Gasteiger partial charge in [-0.2, -0.15) is 5.10 Å². The fourth-order valence-electron chi connectivity index (χ4n) is 2.98. The number of nitrogens with one attached hydrogen (secondary N) is 2. The lowest BCUT2D eigenvalue weighted by Gasteiger charge is -2.10. The van der Waals surface area contributed by atoms with Crippen molar-refractivity contribution in [3.63, 3.8) is 0 Å². The molecule has 7 nitrogen and oxygen atoms in total. The predicted octanol–water partition coefficient (Wildman–Crippen LogP) is 3.79. The van der Waals surface area contributed by atoms with E-state index in [1.165, 1.54) is 11.3 Å². The molecule has 0 fully saturated rings. The molecule has 3 rings (SSSR count). The molecule has 0 spiro atoms. The number of anilines is 1. The zero-order valence-electron chi connectivity index (χ0n) is 16.8. The van der Waals surface area contributed by atoms with Crippen molar-refractivity contribution in [1.29, 1.82) is 0 Å². The molecule has 2 heterocycles. The zero-order valence-corrected chi connectivity index (χ0v) is 16.8. The van der Waals surface area contributed by atoms with Gasteiger partial charge in [-0.3, -0.25) is 4.68 Å². The number of benzene rings is 1. The van der Waals surface area contributed by atoms with E-state index in [0.717, 1.165) is 35.6 Å². The Bertz CT molecular complexity index is 979. The molecule has 0 unspecified atom stereocenters. The summed E-state index contributed by atoms with van der Waals surface area (Å²) in [5, 5.41) is 10.3. The number of aromatic nitrogens is 4. The van der Waals surface area contributed by atoms with Crippen LogP contribution in [0.3, 0.4) is 0 Å². The van der Waals surface area contributed by atoms with Gasteiger partial charge in [0.05, 0.1) is 11.4 Å². The van der Waals surface area contributed by atoms with E-state index in [9.17, 15) is 4.79 Å². The summed E-state index contributed by atoms with van der Waals surface area (Å²) in [7, 11) is 0. The molecule has 3 aromatic rings. The highest BCUT2D eigenvalue weighted by molar-refractivity contribution is 5.90. The minimum Gasteiger partial charge on any atom is -0.338 e. The quantitative estimate of drug-likeness (QED) is 0.639. The lowest BCUT2D eigenvalue weighted by Crippen LogP contribution is -2.30. The van der Waals surface area contributed by atoms with E-state index in [1.54, 1.807) is 6.20 Å². The van der Waals surface area contributed by atoms with Gasteiger partial charge in [-0.25, -0.2) is 14.8 Å². The first-order valence-electron chi connectivity index (χ1n) is 9.39. The molecule has 0 aliphatic heterocycles. The number of hydrogen-bond acceptors (Lipinski definition) is 4. The van der Waals surface area contributed by atoms with Crippen LogP contribution in [0.4, 0.5) is 10.5 Å². The van der Waals surface area contributed by atoms with Crippen molar-refractivity contribution in [1.82, 2.24) is 25.1 Å². The summed E-state index contributed by atoms with van der Waals surface area (Å²) in [5.74, 6) is 0.714. The predicted molar refractivity (Wildman–Crippen MR) is 110 cm³/mol. The summed E-state index contributed by atoms with van der Waals surface area (Å²) in [6.45, 7) is 9.38. The summed E-state index contributed by atoms with van der Waals surface area (Å²) < 4.78 is 2.00. The van der Waals surface area contributed by atoms with Crippen LogP contribution in [0.15, 0.2) is 36.5 Å². The van der Waals surface area contributed by atoms with Crippen LogP contribution in [0, 0.1) is 27.7 Å². The van der Waals surface area contributed by atoms with Crippen molar-refractivity contribution in [2.24, 2.45) is 0 Å². The number of nitrogens with zero attached hydrogens (tertiary/aromatic N) is 4. The van der Waals surface area contributed by atoms with Gasteiger partial charge in [-0.1, -0.05) is 12.1 Å². The second-order valence-electron chi connectivity index (χ2n) is 6.82. The van der Waals surface area contributed by atoms with Crippen molar-refractivity contribution in [2.75, 3.05) is 11.9 Å². The van der Waals surface area contributed by atoms with Gasteiger partial charge in [0.25, 0.3) is 0 Å². The van der Waals surface area contributed by atoms with Crippen LogP contribution < -0.4 is 10.6 Å². The summed E-state index contributed by atoms with van der Waals surface area (Å²) in [6, 6.07) is 9.25. The maximum Gasteiger partial charge on any atom is 0.319 e. The number of amides is 2. The van der Waals surface area contributed by atoms with Crippen molar-refractivity contribution < 1.29 is 4.79 Å². The molecule has 0 atom stereocenters. The van der Waals surface area contributed by atoms with Gasteiger partial charge in [-0.05, 0) is 57.9 Å². The SMILES string of the molecule is Cc1nccc(-c2cccc(NC(=O)NCCCn3nc(C)c(C)c3C)c2)n1. The smallest absolute Gasteiger partial charge is 0.319 e. The van der Waals surface area contributed by atoms with Crippen LogP contribution in [0.1, 0.15) is 29.2 Å². The number of carbonyl (C=O) groups is 1. The largest absolute Gasteiger partial charge is 0.338 e. The molecule has 0 saturated heterocycles. The first kappa shape index (κ1) is 19.5. The molecule has 2 amide bonds. The van der Waals surface area contributed by atoms with Crippen LogP contribution >= 0.6 is 0 Å². The Morgan fingerprint density at radius 1 is 1.14 bits per heavy atom. The summed E-state index contributed by atoms with van der Waals surface area (Å²) >= 11 is 0. The first-order chi connectivity index (χ1) is 13.4. The van der Waals surface area contributed by atoms with Crippen LogP contribution in [0.25, 0.3) is 11.3 Å². The Morgan fingerprint density at radius 2 is 1.96 bits per heavy atom. The van der Waals surface area contributed by atoms with E-state index in [2.05, 4.69) is 39.5 Å². The first-order valence-corrected chi connectivity index (χ1v) is 9.39. The Morgan fingerprint density at radius 3 is 2.68 bits per heavy atom. The van der Waals surface area contributed by atoms with Crippen LogP contribution in [-0.4, -0.2) is 32.3 Å². The van der Waals surface area contributed by atoms with Crippen molar-refractivity contribution in [3.8, 4) is 11.3 Å². The van der Waals surface area contributed by atoms with Gasteiger partial charge in [0, 0.05) is 36.2 Å². The lowest BCUT2D eigenvalue weighted by molar-refractivity contribution is 0.251. The lowest BCUT2D eigenvalue weighted by atomic mass is 10.1. The number of hydrogen-bond donors (Lipinski definition) is 2. The monoisotopic (exact) mass is 378 g/mol. The Kier molecular flexibility index (Phi) is 6.03. The van der Waals surface area contributed by atoms with Crippen molar-refractivity contribution >= 4 is 11.7 Å². The van der Waals surface area contributed by atoms with Gasteiger partial charge < -0.3 is 10.6 Å². The molecule has 28 heavy (non-hydrogen) atoms. The van der Waals surface area contributed by atoms with Gasteiger partial charge in [0.1, 0.15) is 5.82 Å². The Balaban J connectivity index is 1.51. The maximum absolute atomic E-state index is 12.2. The topological polar surface area (TPSA) is 84.7 Å². The molecule has 0 radical (unpaired) electrons. The van der Waals surface area contributed by atoms with E-state index in [4.69, 9.17) is 0 Å². The van der Waals surface area contributed by atoms with Crippen molar-refractivity contribution in [3.05, 3.63) is 59.3 Å². The van der Waals surface area contributed by atoms with Gasteiger partial charge in [0.2, 0.25) is 0 Å². The van der Waals surface area contributed by atoms with E-state index in [0.29, 0.717) is 12.4 Å². The number of carbonyl (C=O) groups excluding carboxylic acids is 1. The zero-order chi connectivity index (χ0) is 20.1. The molecule has 2 N–H and O–H groups in total. The van der Waals surface area contributed by atoms with Gasteiger partial charge in [0.15, 0.2) is 0 Å².